The Bertz CT molecular complexity index is 288. The van der Waals surface area contributed by atoms with E-state index < -0.39 is 0 Å². The second-order valence-electron chi connectivity index (χ2n) is 3.42. The Kier molecular flexibility index (Phi) is 2.09. The molecule has 0 amide bonds. The van der Waals surface area contributed by atoms with Crippen molar-refractivity contribution in [1.82, 2.24) is 0 Å². The van der Waals surface area contributed by atoms with Crippen LogP contribution in [0.1, 0.15) is 28.8 Å². The van der Waals surface area contributed by atoms with Gasteiger partial charge in [0.2, 0.25) is 0 Å². The second kappa shape index (κ2) is 3.09. The van der Waals surface area contributed by atoms with Crippen LogP contribution in [0.15, 0.2) is 0 Å². The van der Waals surface area contributed by atoms with Gasteiger partial charge >= 0.3 is 0 Å². The van der Waals surface area contributed by atoms with Crippen LogP contribution < -0.4 is 5.32 Å². The van der Waals surface area contributed by atoms with Crippen molar-refractivity contribution in [2.24, 2.45) is 0 Å². The number of rotatable bonds is 1. The third-order valence-electron chi connectivity index (χ3n) is 2.66. The normalized spacial score (nSPS) is 15.8. The summed E-state index contributed by atoms with van der Waals surface area (Å²) in [4.78, 5) is 1.63. The van der Waals surface area contributed by atoms with Crippen LogP contribution in [0.25, 0.3) is 0 Å². The number of fused-ring (bicyclic) bond motifs is 1. The first-order valence-electron chi connectivity index (χ1n) is 4.62. The van der Waals surface area contributed by atoms with Crippen LogP contribution in [0.3, 0.4) is 0 Å². The van der Waals surface area contributed by atoms with E-state index in [1.807, 2.05) is 18.4 Å². The molecule has 12 heavy (non-hydrogen) atoms. The van der Waals surface area contributed by atoms with Crippen LogP contribution in [0, 0.1) is 6.92 Å². The van der Waals surface area contributed by atoms with E-state index in [-0.39, 0.29) is 0 Å². The first kappa shape index (κ1) is 8.11. The van der Waals surface area contributed by atoms with E-state index >= 15 is 0 Å². The predicted molar refractivity (Wildman–Crippen MR) is 55.2 cm³/mol. The van der Waals surface area contributed by atoms with Gasteiger partial charge in [0.25, 0.3) is 0 Å². The highest BCUT2D eigenvalue weighted by molar-refractivity contribution is 7.16. The van der Waals surface area contributed by atoms with Crippen molar-refractivity contribution in [3.05, 3.63) is 16.0 Å². The lowest BCUT2D eigenvalue weighted by Crippen LogP contribution is -1.99. The molecule has 0 aromatic carbocycles. The zero-order valence-electron chi connectivity index (χ0n) is 7.74. The van der Waals surface area contributed by atoms with Crippen LogP contribution in [0.4, 0.5) is 5.00 Å². The number of aryl methyl sites for hydroxylation is 1. The van der Waals surface area contributed by atoms with Gasteiger partial charge < -0.3 is 5.32 Å². The fourth-order valence-corrected chi connectivity index (χ4v) is 3.21. The fraction of sp³-hybridized carbons (Fsp3) is 0.600. The second-order valence-corrected chi connectivity index (χ2v) is 4.52. The molecule has 1 aliphatic rings. The summed E-state index contributed by atoms with van der Waals surface area (Å²) in [5, 5.41) is 4.65. The molecular weight excluding hydrogens is 166 g/mol. The number of hydrogen-bond acceptors (Lipinski definition) is 2. The highest BCUT2D eigenvalue weighted by Crippen LogP contribution is 2.36. The Labute approximate surface area is 77.8 Å². The van der Waals surface area contributed by atoms with Gasteiger partial charge in [-0.05, 0) is 43.7 Å². The van der Waals surface area contributed by atoms with Crippen molar-refractivity contribution in [3.63, 3.8) is 0 Å². The molecule has 0 saturated carbocycles. The van der Waals surface area contributed by atoms with Crippen molar-refractivity contribution >= 4 is 16.3 Å². The molecule has 0 fully saturated rings. The zero-order valence-corrected chi connectivity index (χ0v) is 8.55. The number of hydrogen-bond donors (Lipinski definition) is 1. The summed E-state index contributed by atoms with van der Waals surface area (Å²) in [7, 11) is 2.02. The standard InChI is InChI=1S/C10H15NS/c1-7-8-5-3-4-6-9(8)12-10(7)11-2/h11H,3-6H2,1-2H3. The lowest BCUT2D eigenvalue weighted by atomic mass is 9.96. The van der Waals surface area contributed by atoms with Gasteiger partial charge in [-0.15, -0.1) is 11.3 Å². The summed E-state index contributed by atoms with van der Waals surface area (Å²) in [5.41, 5.74) is 3.13. The predicted octanol–water partition coefficient (Wildman–Crippen LogP) is 2.98. The Balaban J connectivity index is 2.44. The van der Waals surface area contributed by atoms with Gasteiger partial charge in [0, 0.05) is 11.9 Å². The first-order chi connectivity index (χ1) is 5.83. The Hall–Kier alpha value is -0.500. The van der Waals surface area contributed by atoms with E-state index in [2.05, 4.69) is 12.2 Å². The van der Waals surface area contributed by atoms with E-state index in [9.17, 15) is 0 Å². The molecule has 1 heterocycles. The van der Waals surface area contributed by atoms with Crippen LogP contribution in [-0.2, 0) is 12.8 Å². The maximum atomic E-state index is 3.27. The minimum Gasteiger partial charge on any atom is -0.380 e. The van der Waals surface area contributed by atoms with Gasteiger partial charge in [-0.25, -0.2) is 0 Å². The monoisotopic (exact) mass is 181 g/mol. The Morgan fingerprint density at radius 2 is 2.00 bits per heavy atom. The largest absolute Gasteiger partial charge is 0.380 e. The lowest BCUT2D eigenvalue weighted by molar-refractivity contribution is 0.694. The molecule has 0 radical (unpaired) electrons. The fourth-order valence-electron chi connectivity index (χ4n) is 1.96. The highest BCUT2D eigenvalue weighted by Gasteiger charge is 2.16. The quantitative estimate of drug-likeness (QED) is 0.702. The van der Waals surface area contributed by atoms with Crippen molar-refractivity contribution in [2.75, 3.05) is 12.4 Å². The minimum absolute atomic E-state index is 1.30. The van der Waals surface area contributed by atoms with Gasteiger partial charge in [0.1, 0.15) is 0 Å². The molecule has 66 valence electrons. The van der Waals surface area contributed by atoms with Crippen molar-refractivity contribution in [2.45, 2.75) is 32.6 Å². The van der Waals surface area contributed by atoms with Gasteiger partial charge in [-0.1, -0.05) is 0 Å². The third kappa shape index (κ3) is 1.14. The number of nitrogens with one attached hydrogen (secondary N) is 1. The Morgan fingerprint density at radius 1 is 1.25 bits per heavy atom. The van der Waals surface area contributed by atoms with Crippen LogP contribution in [0.5, 0.6) is 0 Å². The number of thiophene rings is 1. The highest BCUT2D eigenvalue weighted by atomic mass is 32.1. The van der Waals surface area contributed by atoms with E-state index in [1.165, 1.54) is 36.2 Å². The molecular formula is C10H15NS. The average molecular weight is 181 g/mol. The lowest BCUT2D eigenvalue weighted by Gasteiger charge is -2.10. The molecule has 0 spiro atoms. The summed E-state index contributed by atoms with van der Waals surface area (Å²) in [6.07, 6.45) is 5.38. The molecule has 0 bridgehead atoms. The summed E-state index contributed by atoms with van der Waals surface area (Å²) in [5.74, 6) is 0. The molecule has 1 aromatic rings. The van der Waals surface area contributed by atoms with Gasteiger partial charge in [-0.3, -0.25) is 0 Å². The van der Waals surface area contributed by atoms with E-state index in [0.717, 1.165) is 0 Å². The zero-order chi connectivity index (χ0) is 8.55. The molecule has 0 aliphatic heterocycles. The van der Waals surface area contributed by atoms with Crippen LogP contribution in [0.2, 0.25) is 0 Å². The van der Waals surface area contributed by atoms with Gasteiger partial charge in [-0.2, -0.15) is 0 Å². The topological polar surface area (TPSA) is 12.0 Å². The summed E-state index contributed by atoms with van der Waals surface area (Å²) in [6.45, 7) is 2.24. The summed E-state index contributed by atoms with van der Waals surface area (Å²) >= 11 is 1.95. The summed E-state index contributed by atoms with van der Waals surface area (Å²) in [6, 6.07) is 0. The average Bonchev–Trinajstić information content (AvgIpc) is 2.44. The summed E-state index contributed by atoms with van der Waals surface area (Å²) < 4.78 is 0. The molecule has 1 aromatic heterocycles. The molecule has 0 saturated heterocycles. The van der Waals surface area contributed by atoms with E-state index in [4.69, 9.17) is 0 Å². The molecule has 1 aliphatic carbocycles. The van der Waals surface area contributed by atoms with Crippen molar-refractivity contribution in [3.8, 4) is 0 Å². The smallest absolute Gasteiger partial charge is 0.0915 e. The first-order valence-corrected chi connectivity index (χ1v) is 5.43. The van der Waals surface area contributed by atoms with Crippen molar-refractivity contribution < 1.29 is 0 Å². The molecule has 1 N–H and O–H groups in total. The third-order valence-corrected chi connectivity index (χ3v) is 4.07. The van der Waals surface area contributed by atoms with Crippen molar-refractivity contribution in [1.29, 1.82) is 0 Å². The molecule has 0 unspecified atom stereocenters. The maximum Gasteiger partial charge on any atom is 0.0915 e. The molecule has 0 atom stereocenters. The minimum atomic E-state index is 1.30. The SMILES string of the molecule is CNc1sc2c(c1C)CCCC2. The number of anilines is 1. The van der Waals surface area contributed by atoms with Crippen LogP contribution in [-0.4, -0.2) is 7.05 Å². The molecule has 2 heteroatoms. The maximum absolute atomic E-state index is 3.27. The van der Waals surface area contributed by atoms with E-state index in [0.29, 0.717) is 0 Å². The van der Waals surface area contributed by atoms with Gasteiger partial charge in [0.15, 0.2) is 0 Å². The Morgan fingerprint density at radius 3 is 2.67 bits per heavy atom. The molecule has 1 nitrogen and oxygen atoms in total. The molecule has 2 rings (SSSR count). The van der Waals surface area contributed by atoms with Crippen LogP contribution >= 0.6 is 11.3 Å². The van der Waals surface area contributed by atoms with E-state index in [1.54, 1.807) is 10.4 Å². The van der Waals surface area contributed by atoms with Gasteiger partial charge in [0.05, 0.1) is 5.00 Å².